The van der Waals surface area contributed by atoms with Crippen LogP contribution in [0.1, 0.15) is 42.1 Å². The summed E-state index contributed by atoms with van der Waals surface area (Å²) in [7, 11) is 0. The van der Waals surface area contributed by atoms with Gasteiger partial charge in [0, 0.05) is 12.0 Å². The topological polar surface area (TPSA) is 23.5 Å². The third-order valence-corrected chi connectivity index (χ3v) is 5.92. The number of aryl methyl sites for hydroxylation is 1. The van der Waals surface area contributed by atoms with E-state index in [1.54, 1.807) is 0 Å². The molecule has 2 nitrogen and oxygen atoms in total. The van der Waals surface area contributed by atoms with Crippen LogP contribution in [0.4, 0.5) is 0 Å². The van der Waals surface area contributed by atoms with Gasteiger partial charge in [-0.05, 0) is 55.5 Å². The zero-order chi connectivity index (χ0) is 15.7. The van der Waals surface area contributed by atoms with Crippen LogP contribution in [0, 0.1) is 5.41 Å². The van der Waals surface area contributed by atoms with Crippen LogP contribution in [0.15, 0.2) is 54.6 Å². The standard InChI is InChI=1S/C21H25NO/c23-20-19-9-5-4-8-18(19)10-11-21(20)12-14-22(15-13-21)16-17-6-2-1-3-7-17/h1-9,20,23H,10-16H2. The van der Waals surface area contributed by atoms with Gasteiger partial charge >= 0.3 is 0 Å². The second-order valence-electron chi connectivity index (χ2n) is 7.23. The predicted octanol–water partition coefficient (Wildman–Crippen LogP) is 3.95. The van der Waals surface area contributed by atoms with Crippen molar-refractivity contribution in [2.45, 2.75) is 38.3 Å². The van der Waals surface area contributed by atoms with Gasteiger partial charge in [-0.1, -0.05) is 54.6 Å². The summed E-state index contributed by atoms with van der Waals surface area (Å²) in [5.74, 6) is 0. The molecule has 23 heavy (non-hydrogen) atoms. The average molecular weight is 307 g/mol. The van der Waals surface area contributed by atoms with Gasteiger partial charge in [0.1, 0.15) is 0 Å². The van der Waals surface area contributed by atoms with Crippen LogP contribution in [0.3, 0.4) is 0 Å². The van der Waals surface area contributed by atoms with Crippen molar-refractivity contribution in [2.24, 2.45) is 5.41 Å². The third kappa shape index (κ3) is 2.82. The number of fused-ring (bicyclic) bond motifs is 1. The summed E-state index contributed by atoms with van der Waals surface area (Å²) < 4.78 is 0. The zero-order valence-electron chi connectivity index (χ0n) is 13.6. The molecule has 120 valence electrons. The van der Waals surface area contributed by atoms with E-state index >= 15 is 0 Å². The molecule has 0 aromatic heterocycles. The second kappa shape index (κ2) is 6.10. The molecular formula is C21H25NO. The van der Waals surface area contributed by atoms with Gasteiger partial charge in [0.2, 0.25) is 0 Å². The minimum absolute atomic E-state index is 0.0988. The molecule has 1 spiro atoms. The van der Waals surface area contributed by atoms with Crippen molar-refractivity contribution >= 4 is 0 Å². The van der Waals surface area contributed by atoms with Crippen molar-refractivity contribution < 1.29 is 5.11 Å². The Morgan fingerprint density at radius 2 is 1.61 bits per heavy atom. The van der Waals surface area contributed by atoms with Crippen LogP contribution in [-0.2, 0) is 13.0 Å². The first-order chi connectivity index (χ1) is 11.3. The minimum Gasteiger partial charge on any atom is -0.388 e. The van der Waals surface area contributed by atoms with E-state index in [9.17, 15) is 5.11 Å². The lowest BCUT2D eigenvalue weighted by Gasteiger charge is -2.47. The molecule has 0 amide bonds. The van der Waals surface area contributed by atoms with E-state index in [1.165, 1.54) is 16.7 Å². The van der Waals surface area contributed by atoms with E-state index < -0.39 is 0 Å². The number of piperidine rings is 1. The molecule has 1 aliphatic heterocycles. The van der Waals surface area contributed by atoms with E-state index in [0.717, 1.165) is 45.3 Å². The molecule has 1 atom stereocenters. The van der Waals surface area contributed by atoms with Gasteiger partial charge in [0.15, 0.2) is 0 Å². The monoisotopic (exact) mass is 307 g/mol. The highest BCUT2D eigenvalue weighted by molar-refractivity contribution is 5.33. The molecule has 0 saturated carbocycles. The molecule has 1 heterocycles. The fraction of sp³-hybridized carbons (Fsp3) is 0.429. The predicted molar refractivity (Wildman–Crippen MR) is 93.1 cm³/mol. The van der Waals surface area contributed by atoms with Crippen LogP contribution in [-0.4, -0.2) is 23.1 Å². The van der Waals surface area contributed by atoms with E-state index in [0.29, 0.717) is 0 Å². The van der Waals surface area contributed by atoms with Gasteiger partial charge in [0.25, 0.3) is 0 Å². The number of aliphatic hydroxyl groups is 1. The Kier molecular flexibility index (Phi) is 3.96. The number of benzene rings is 2. The Balaban J connectivity index is 1.45. The van der Waals surface area contributed by atoms with Crippen LogP contribution < -0.4 is 0 Å². The first-order valence-corrected chi connectivity index (χ1v) is 8.79. The molecule has 2 aromatic carbocycles. The Morgan fingerprint density at radius 3 is 2.39 bits per heavy atom. The normalized spacial score (nSPS) is 23.6. The summed E-state index contributed by atoms with van der Waals surface area (Å²) in [5.41, 5.74) is 4.01. The number of aliphatic hydroxyl groups excluding tert-OH is 1. The van der Waals surface area contributed by atoms with Crippen molar-refractivity contribution in [1.82, 2.24) is 4.90 Å². The largest absolute Gasteiger partial charge is 0.388 e. The van der Waals surface area contributed by atoms with E-state index in [4.69, 9.17) is 0 Å². The molecule has 2 heteroatoms. The van der Waals surface area contributed by atoms with E-state index in [2.05, 4.69) is 59.5 Å². The lowest BCUT2D eigenvalue weighted by molar-refractivity contribution is -0.0404. The van der Waals surface area contributed by atoms with Gasteiger partial charge in [-0.2, -0.15) is 0 Å². The highest BCUT2D eigenvalue weighted by atomic mass is 16.3. The van der Waals surface area contributed by atoms with E-state index in [1.807, 2.05) is 0 Å². The maximum absolute atomic E-state index is 11.0. The number of rotatable bonds is 2. The first-order valence-electron chi connectivity index (χ1n) is 8.79. The fourth-order valence-electron chi connectivity index (χ4n) is 4.40. The number of likely N-dealkylation sites (tertiary alicyclic amines) is 1. The summed E-state index contributed by atoms with van der Waals surface area (Å²) in [6.45, 7) is 3.21. The maximum Gasteiger partial charge on any atom is 0.0849 e. The van der Waals surface area contributed by atoms with Crippen molar-refractivity contribution in [3.8, 4) is 0 Å². The van der Waals surface area contributed by atoms with Crippen LogP contribution in [0.25, 0.3) is 0 Å². The van der Waals surface area contributed by atoms with Gasteiger partial charge < -0.3 is 5.11 Å². The molecule has 0 bridgehead atoms. The minimum atomic E-state index is -0.286. The number of nitrogens with zero attached hydrogens (tertiary/aromatic N) is 1. The SMILES string of the molecule is OC1c2ccccc2CCC12CCN(Cc1ccccc1)CC2. The lowest BCUT2D eigenvalue weighted by Crippen LogP contribution is -2.44. The molecule has 1 aliphatic carbocycles. The average Bonchev–Trinajstić information content (AvgIpc) is 2.61. The molecular weight excluding hydrogens is 282 g/mol. The van der Waals surface area contributed by atoms with E-state index in [-0.39, 0.29) is 11.5 Å². The number of hydrogen-bond donors (Lipinski definition) is 1. The molecule has 1 N–H and O–H groups in total. The Labute approximate surface area is 138 Å². The molecule has 1 unspecified atom stereocenters. The molecule has 4 rings (SSSR count). The van der Waals surface area contributed by atoms with Gasteiger partial charge in [-0.3, -0.25) is 4.90 Å². The smallest absolute Gasteiger partial charge is 0.0849 e. The summed E-state index contributed by atoms with van der Waals surface area (Å²) in [6, 6.07) is 19.2. The van der Waals surface area contributed by atoms with Crippen LogP contribution in [0.2, 0.25) is 0 Å². The van der Waals surface area contributed by atoms with Crippen molar-refractivity contribution in [1.29, 1.82) is 0 Å². The number of hydrogen-bond acceptors (Lipinski definition) is 2. The lowest BCUT2D eigenvalue weighted by atomic mass is 9.64. The summed E-state index contributed by atoms with van der Waals surface area (Å²) >= 11 is 0. The fourth-order valence-corrected chi connectivity index (χ4v) is 4.40. The molecule has 0 radical (unpaired) electrons. The molecule has 2 aliphatic rings. The van der Waals surface area contributed by atoms with Gasteiger partial charge in [-0.15, -0.1) is 0 Å². The second-order valence-corrected chi connectivity index (χ2v) is 7.23. The summed E-state index contributed by atoms with van der Waals surface area (Å²) in [5, 5.41) is 11.0. The first kappa shape index (κ1) is 14.9. The Hall–Kier alpha value is -1.64. The summed E-state index contributed by atoms with van der Waals surface area (Å²) in [6.07, 6.45) is 4.17. The zero-order valence-corrected chi connectivity index (χ0v) is 13.6. The molecule has 1 fully saturated rings. The Bertz CT molecular complexity index is 659. The van der Waals surface area contributed by atoms with Crippen molar-refractivity contribution in [2.75, 3.05) is 13.1 Å². The quantitative estimate of drug-likeness (QED) is 0.908. The van der Waals surface area contributed by atoms with Gasteiger partial charge in [0.05, 0.1) is 6.10 Å². The highest BCUT2D eigenvalue weighted by Crippen LogP contribution is 2.50. The van der Waals surface area contributed by atoms with Crippen molar-refractivity contribution in [3.05, 3.63) is 71.3 Å². The highest BCUT2D eigenvalue weighted by Gasteiger charge is 2.44. The van der Waals surface area contributed by atoms with Crippen LogP contribution in [0.5, 0.6) is 0 Å². The molecule has 1 saturated heterocycles. The maximum atomic E-state index is 11.0. The third-order valence-electron chi connectivity index (χ3n) is 5.92. The Morgan fingerprint density at radius 1 is 0.913 bits per heavy atom. The van der Waals surface area contributed by atoms with Crippen molar-refractivity contribution in [3.63, 3.8) is 0 Å². The molecule has 2 aromatic rings. The van der Waals surface area contributed by atoms with Crippen LogP contribution >= 0.6 is 0 Å². The summed E-state index contributed by atoms with van der Waals surface area (Å²) in [4.78, 5) is 2.54. The van der Waals surface area contributed by atoms with Gasteiger partial charge in [-0.25, -0.2) is 0 Å².